The van der Waals surface area contributed by atoms with Crippen molar-refractivity contribution in [1.82, 2.24) is 4.90 Å². The first-order valence-corrected chi connectivity index (χ1v) is 11.1. The largest absolute Gasteiger partial charge is 0.323 e. The fourth-order valence-corrected chi connectivity index (χ4v) is 5.31. The number of hydrogen-bond donors (Lipinski definition) is 1. The van der Waals surface area contributed by atoms with Gasteiger partial charge in [-0.3, -0.25) is 24.2 Å². The maximum Gasteiger partial charge on any atom is 0.267 e. The third-order valence-electron chi connectivity index (χ3n) is 4.92. The molecule has 0 unspecified atom stereocenters. The summed E-state index contributed by atoms with van der Waals surface area (Å²) < 4.78 is 0.419. The van der Waals surface area contributed by atoms with Gasteiger partial charge in [-0.25, -0.2) is 0 Å². The molecule has 2 aliphatic rings. The molecule has 0 aliphatic carbocycles. The number of benzene rings is 2. The quantitative estimate of drug-likeness (QED) is 0.531. The summed E-state index contributed by atoms with van der Waals surface area (Å²) in [5, 5.41) is 3.13. The van der Waals surface area contributed by atoms with Crippen LogP contribution in [0.1, 0.15) is 19.4 Å². The number of nitrogens with one attached hydrogen (secondary N) is 1. The summed E-state index contributed by atoms with van der Waals surface area (Å²) in [6.45, 7) is 3.53. The summed E-state index contributed by atoms with van der Waals surface area (Å²) in [4.78, 5) is 42.2. The van der Waals surface area contributed by atoms with Gasteiger partial charge in [0, 0.05) is 11.6 Å². The van der Waals surface area contributed by atoms with E-state index in [0.29, 0.717) is 31.2 Å². The molecule has 0 aromatic heterocycles. The SMILES string of the molecule is CC(C)N1C(=O)/C(=C2/C(=O)N(CC(=O)Nc3ccccc3Cl)c3ccccc32)SC1=S. The minimum Gasteiger partial charge on any atom is -0.323 e. The number of thiocarbonyl (C=S) groups is 1. The highest BCUT2D eigenvalue weighted by Crippen LogP contribution is 2.44. The van der Waals surface area contributed by atoms with Gasteiger partial charge in [-0.1, -0.05) is 65.9 Å². The number of halogens is 1. The molecule has 0 spiro atoms. The lowest BCUT2D eigenvalue weighted by atomic mass is 10.1. The number of fused-ring (bicyclic) bond motifs is 1. The lowest BCUT2D eigenvalue weighted by molar-refractivity contribution is -0.123. The molecule has 1 N–H and O–H groups in total. The number of rotatable bonds is 4. The van der Waals surface area contributed by atoms with Gasteiger partial charge in [0.2, 0.25) is 5.91 Å². The molecule has 0 radical (unpaired) electrons. The zero-order chi connectivity index (χ0) is 22.3. The van der Waals surface area contributed by atoms with Gasteiger partial charge in [-0.2, -0.15) is 0 Å². The summed E-state index contributed by atoms with van der Waals surface area (Å²) in [5.74, 6) is -1.09. The van der Waals surface area contributed by atoms with Gasteiger partial charge in [-0.05, 0) is 32.0 Å². The van der Waals surface area contributed by atoms with Crippen LogP contribution >= 0.6 is 35.6 Å². The standard InChI is InChI=1S/C22H18ClN3O3S2/c1-12(2)26-21(29)19(31-22(26)30)18-13-7-3-6-10-16(13)25(20(18)28)11-17(27)24-15-9-5-4-8-14(15)23/h3-10,12H,11H2,1-2H3,(H,24,27)/b19-18-. The van der Waals surface area contributed by atoms with E-state index in [1.54, 1.807) is 48.5 Å². The van der Waals surface area contributed by atoms with Crippen molar-refractivity contribution in [2.75, 3.05) is 16.8 Å². The summed E-state index contributed by atoms with van der Waals surface area (Å²) in [5.41, 5.74) is 1.93. The summed E-state index contributed by atoms with van der Waals surface area (Å²) in [6, 6.07) is 13.9. The van der Waals surface area contributed by atoms with Gasteiger partial charge in [0.15, 0.2) is 0 Å². The van der Waals surface area contributed by atoms with Crippen LogP contribution in [-0.2, 0) is 14.4 Å². The second-order valence-electron chi connectivity index (χ2n) is 7.28. The predicted octanol–water partition coefficient (Wildman–Crippen LogP) is 4.31. The maximum absolute atomic E-state index is 13.4. The lowest BCUT2D eigenvalue weighted by Gasteiger charge is -2.18. The molecule has 3 amide bonds. The number of nitrogens with zero attached hydrogens (tertiary/aromatic N) is 2. The zero-order valence-electron chi connectivity index (χ0n) is 16.7. The molecule has 2 aromatic carbocycles. The highest BCUT2D eigenvalue weighted by atomic mass is 35.5. The molecule has 6 nitrogen and oxygen atoms in total. The van der Waals surface area contributed by atoms with Crippen LogP contribution in [0.5, 0.6) is 0 Å². The molecule has 0 atom stereocenters. The molecule has 2 aromatic rings. The Balaban J connectivity index is 1.67. The van der Waals surface area contributed by atoms with Crippen molar-refractivity contribution in [3.63, 3.8) is 0 Å². The Kier molecular flexibility index (Phi) is 5.88. The molecule has 0 saturated carbocycles. The Morgan fingerprint density at radius 2 is 1.77 bits per heavy atom. The molecule has 9 heteroatoms. The summed E-state index contributed by atoms with van der Waals surface area (Å²) >= 11 is 12.6. The predicted molar refractivity (Wildman–Crippen MR) is 128 cm³/mol. The Labute approximate surface area is 194 Å². The Morgan fingerprint density at radius 3 is 2.45 bits per heavy atom. The van der Waals surface area contributed by atoms with Crippen LogP contribution in [0.2, 0.25) is 5.02 Å². The maximum atomic E-state index is 13.4. The lowest BCUT2D eigenvalue weighted by Crippen LogP contribution is -2.36. The van der Waals surface area contributed by atoms with Gasteiger partial charge in [-0.15, -0.1) is 0 Å². The van der Waals surface area contributed by atoms with E-state index in [0.717, 1.165) is 11.8 Å². The topological polar surface area (TPSA) is 69.7 Å². The van der Waals surface area contributed by atoms with Crippen molar-refractivity contribution in [3.05, 3.63) is 64.0 Å². The third-order valence-corrected chi connectivity index (χ3v) is 6.65. The Hall–Kier alpha value is -2.68. The van der Waals surface area contributed by atoms with E-state index in [4.69, 9.17) is 23.8 Å². The van der Waals surface area contributed by atoms with E-state index < -0.39 is 11.8 Å². The number of para-hydroxylation sites is 2. The van der Waals surface area contributed by atoms with E-state index >= 15 is 0 Å². The van der Waals surface area contributed by atoms with Crippen molar-refractivity contribution in [1.29, 1.82) is 0 Å². The average Bonchev–Trinajstić information content (AvgIpc) is 3.16. The molecule has 0 bridgehead atoms. The van der Waals surface area contributed by atoms with Crippen molar-refractivity contribution < 1.29 is 14.4 Å². The van der Waals surface area contributed by atoms with Gasteiger partial charge < -0.3 is 5.32 Å². The first-order chi connectivity index (χ1) is 14.8. The summed E-state index contributed by atoms with van der Waals surface area (Å²) in [7, 11) is 0. The highest BCUT2D eigenvalue weighted by Gasteiger charge is 2.43. The molecule has 2 heterocycles. The molecule has 158 valence electrons. The van der Waals surface area contributed by atoms with E-state index in [1.807, 2.05) is 13.8 Å². The fraction of sp³-hybridized carbons (Fsp3) is 0.182. The van der Waals surface area contributed by atoms with Crippen molar-refractivity contribution >= 4 is 74.6 Å². The van der Waals surface area contributed by atoms with Crippen LogP contribution in [0.15, 0.2) is 53.4 Å². The van der Waals surface area contributed by atoms with Gasteiger partial charge in [0.05, 0.1) is 26.9 Å². The molecule has 31 heavy (non-hydrogen) atoms. The highest BCUT2D eigenvalue weighted by molar-refractivity contribution is 8.26. The third kappa shape index (κ3) is 3.86. The van der Waals surface area contributed by atoms with Crippen LogP contribution in [0.4, 0.5) is 11.4 Å². The van der Waals surface area contributed by atoms with E-state index in [9.17, 15) is 14.4 Å². The van der Waals surface area contributed by atoms with Gasteiger partial charge in [0.1, 0.15) is 10.9 Å². The number of hydrogen-bond acceptors (Lipinski definition) is 5. The number of carbonyl (C=O) groups excluding carboxylic acids is 3. The molecule has 1 fully saturated rings. The molecule has 2 aliphatic heterocycles. The number of thioether (sulfide) groups is 1. The minimum atomic E-state index is -0.403. The normalized spacial score (nSPS) is 18.3. The second-order valence-corrected chi connectivity index (χ2v) is 9.33. The van der Waals surface area contributed by atoms with E-state index in [-0.39, 0.29) is 24.1 Å². The second kappa shape index (κ2) is 8.45. The smallest absolute Gasteiger partial charge is 0.267 e. The Morgan fingerprint density at radius 1 is 1.10 bits per heavy atom. The van der Waals surface area contributed by atoms with Crippen LogP contribution in [-0.4, -0.2) is 39.5 Å². The first kappa shape index (κ1) is 21.5. The zero-order valence-corrected chi connectivity index (χ0v) is 19.1. The average molecular weight is 472 g/mol. The first-order valence-electron chi connectivity index (χ1n) is 9.55. The van der Waals surface area contributed by atoms with Crippen molar-refractivity contribution in [2.45, 2.75) is 19.9 Å². The van der Waals surface area contributed by atoms with Crippen LogP contribution in [0, 0.1) is 0 Å². The molecule has 4 rings (SSSR count). The molecule has 1 saturated heterocycles. The van der Waals surface area contributed by atoms with Crippen LogP contribution in [0.25, 0.3) is 5.57 Å². The van der Waals surface area contributed by atoms with Crippen LogP contribution < -0.4 is 10.2 Å². The molecular formula is C22H18ClN3O3S2. The number of anilines is 2. The van der Waals surface area contributed by atoms with Crippen molar-refractivity contribution in [3.8, 4) is 0 Å². The number of amides is 3. The van der Waals surface area contributed by atoms with Gasteiger partial charge >= 0.3 is 0 Å². The van der Waals surface area contributed by atoms with Crippen LogP contribution in [0.3, 0.4) is 0 Å². The van der Waals surface area contributed by atoms with E-state index in [1.165, 1.54) is 9.80 Å². The van der Waals surface area contributed by atoms with Gasteiger partial charge in [0.25, 0.3) is 11.8 Å². The molecular weight excluding hydrogens is 454 g/mol. The van der Waals surface area contributed by atoms with E-state index in [2.05, 4.69) is 5.32 Å². The monoisotopic (exact) mass is 471 g/mol. The summed E-state index contributed by atoms with van der Waals surface area (Å²) in [6.07, 6.45) is 0. The number of carbonyl (C=O) groups is 3. The Bertz CT molecular complexity index is 1160. The minimum absolute atomic E-state index is 0.116. The fourth-order valence-electron chi connectivity index (χ4n) is 3.53. The van der Waals surface area contributed by atoms with Crippen molar-refractivity contribution in [2.24, 2.45) is 0 Å².